The highest BCUT2D eigenvalue weighted by Gasteiger charge is 2.01. The summed E-state index contributed by atoms with van der Waals surface area (Å²) in [5.41, 5.74) is 4.49. The van der Waals surface area contributed by atoms with Crippen LogP contribution in [0.1, 0.15) is 5.56 Å². The van der Waals surface area contributed by atoms with Gasteiger partial charge in [0.15, 0.2) is 0 Å². The average molecular weight is 313 g/mol. The molecule has 0 fully saturated rings. The van der Waals surface area contributed by atoms with Gasteiger partial charge in [0.2, 0.25) is 4.80 Å². The van der Waals surface area contributed by atoms with Gasteiger partial charge >= 0.3 is 0 Å². The molecule has 22 heavy (non-hydrogen) atoms. The van der Waals surface area contributed by atoms with Crippen LogP contribution in [0.2, 0.25) is 0 Å². The molecule has 2 heterocycles. The third kappa shape index (κ3) is 2.99. The van der Waals surface area contributed by atoms with E-state index in [2.05, 4.69) is 15.6 Å². The van der Waals surface area contributed by atoms with Gasteiger partial charge in [0.05, 0.1) is 16.4 Å². The molecule has 1 amide bonds. The van der Waals surface area contributed by atoms with Crippen LogP contribution >= 0.6 is 11.3 Å². The lowest BCUT2D eigenvalue weighted by molar-refractivity contribution is -0.116. The van der Waals surface area contributed by atoms with Crippen molar-refractivity contribution in [2.45, 2.75) is 0 Å². The van der Waals surface area contributed by atoms with E-state index in [9.17, 15) is 4.79 Å². The average Bonchev–Trinajstić information content (AvgIpc) is 3.07. The molecule has 0 unspecified atom stereocenters. The van der Waals surface area contributed by atoms with E-state index in [1.54, 1.807) is 17.0 Å². The molecule has 112 valence electrons. The predicted molar refractivity (Wildman–Crippen MR) is 86.7 cm³/mol. The van der Waals surface area contributed by atoms with Crippen LogP contribution in [-0.4, -0.2) is 20.3 Å². The van der Waals surface area contributed by atoms with Crippen molar-refractivity contribution < 1.29 is 4.79 Å². The van der Waals surface area contributed by atoms with E-state index in [1.807, 2.05) is 49.1 Å². The molecule has 0 spiro atoms. The molecule has 0 atom stereocenters. The molecular weight excluding hydrogens is 298 g/mol. The fourth-order valence-corrected chi connectivity index (χ4v) is 3.01. The molecule has 0 aliphatic rings. The first-order chi connectivity index (χ1) is 10.6. The van der Waals surface area contributed by atoms with E-state index in [0.29, 0.717) is 0 Å². The largest absolute Gasteiger partial charge is 0.318 e. The second-order valence-corrected chi connectivity index (χ2v) is 5.79. The summed E-state index contributed by atoms with van der Waals surface area (Å²) in [6.45, 7) is 0. The number of aryl methyl sites for hydroxylation is 2. The number of hydrogen-bond donors (Lipinski definition) is 1. The van der Waals surface area contributed by atoms with E-state index in [-0.39, 0.29) is 5.91 Å². The molecule has 1 aromatic carbocycles. The number of rotatable bonds is 3. The van der Waals surface area contributed by atoms with Gasteiger partial charge in [-0.1, -0.05) is 23.5 Å². The van der Waals surface area contributed by atoms with Crippen molar-refractivity contribution >= 4 is 33.5 Å². The first kappa shape index (κ1) is 14.3. The second kappa shape index (κ2) is 5.98. The van der Waals surface area contributed by atoms with Crippen molar-refractivity contribution in [2.24, 2.45) is 19.2 Å². The number of carbonyl (C=O) groups excluding carboxylic acids is 1. The van der Waals surface area contributed by atoms with E-state index in [4.69, 9.17) is 0 Å². The number of thiazole rings is 1. The van der Waals surface area contributed by atoms with Gasteiger partial charge in [-0.2, -0.15) is 5.10 Å². The lowest BCUT2D eigenvalue weighted by atomic mass is 10.3. The summed E-state index contributed by atoms with van der Waals surface area (Å²) in [6, 6.07) is 8.02. The Morgan fingerprint density at radius 1 is 1.36 bits per heavy atom. The van der Waals surface area contributed by atoms with Crippen LogP contribution in [0.3, 0.4) is 0 Å². The summed E-state index contributed by atoms with van der Waals surface area (Å²) in [6.07, 6.45) is 6.65. The molecule has 1 N–H and O–H groups in total. The Morgan fingerprint density at radius 2 is 2.18 bits per heavy atom. The lowest BCUT2D eigenvalue weighted by Crippen LogP contribution is -2.21. The highest BCUT2D eigenvalue weighted by atomic mass is 32.1. The Kier molecular flexibility index (Phi) is 3.88. The Labute approximate surface area is 131 Å². The van der Waals surface area contributed by atoms with E-state index in [0.717, 1.165) is 20.6 Å². The molecule has 7 heteroatoms. The maximum atomic E-state index is 11.8. The minimum absolute atomic E-state index is 0.277. The maximum absolute atomic E-state index is 11.8. The zero-order chi connectivity index (χ0) is 15.5. The Balaban J connectivity index is 1.76. The van der Waals surface area contributed by atoms with Gasteiger partial charge in [0, 0.05) is 31.9 Å². The quantitative estimate of drug-likeness (QED) is 0.590. The molecule has 2 aromatic heterocycles. The summed E-state index contributed by atoms with van der Waals surface area (Å²) < 4.78 is 4.76. The third-order valence-electron chi connectivity index (χ3n) is 3.13. The van der Waals surface area contributed by atoms with Gasteiger partial charge in [0.25, 0.3) is 5.91 Å². The van der Waals surface area contributed by atoms with Gasteiger partial charge in [-0.3, -0.25) is 9.48 Å². The normalized spacial score (nSPS) is 12.4. The number of fused-ring (bicyclic) bond motifs is 1. The third-order valence-corrected chi connectivity index (χ3v) is 4.24. The number of benzene rings is 1. The van der Waals surface area contributed by atoms with E-state index in [1.165, 1.54) is 17.4 Å². The molecule has 3 rings (SSSR count). The van der Waals surface area contributed by atoms with Crippen molar-refractivity contribution in [2.75, 3.05) is 0 Å². The minimum atomic E-state index is -0.277. The molecule has 0 saturated heterocycles. The summed E-state index contributed by atoms with van der Waals surface area (Å²) >= 11 is 1.53. The van der Waals surface area contributed by atoms with Gasteiger partial charge in [0.1, 0.15) is 0 Å². The Hall–Kier alpha value is -2.67. The molecule has 0 bridgehead atoms. The lowest BCUT2D eigenvalue weighted by Gasteiger charge is -1.95. The van der Waals surface area contributed by atoms with Crippen LogP contribution in [-0.2, 0) is 18.9 Å². The summed E-state index contributed by atoms with van der Waals surface area (Å²) in [4.78, 5) is 12.5. The molecule has 3 aromatic rings. The summed E-state index contributed by atoms with van der Waals surface area (Å²) in [7, 11) is 3.75. The maximum Gasteiger partial charge on any atom is 0.264 e. The number of hydrogen-bond acceptors (Lipinski definition) is 4. The zero-order valence-electron chi connectivity index (χ0n) is 12.2. The number of carbonyl (C=O) groups is 1. The van der Waals surface area contributed by atoms with Crippen LogP contribution < -0.4 is 10.2 Å². The fraction of sp³-hybridized carbons (Fsp3) is 0.133. The zero-order valence-corrected chi connectivity index (χ0v) is 13.0. The number of amides is 1. The van der Waals surface area contributed by atoms with Crippen LogP contribution in [0.5, 0.6) is 0 Å². The Bertz CT molecular complexity index is 915. The van der Waals surface area contributed by atoms with Crippen molar-refractivity contribution in [3.63, 3.8) is 0 Å². The number of para-hydroxylation sites is 1. The molecule has 0 aliphatic carbocycles. The van der Waals surface area contributed by atoms with Crippen molar-refractivity contribution in [1.29, 1.82) is 0 Å². The molecular formula is C15H15N5OS. The topological polar surface area (TPSA) is 64.2 Å². The molecule has 0 saturated carbocycles. The number of nitrogens with zero attached hydrogens (tertiary/aromatic N) is 4. The van der Waals surface area contributed by atoms with E-state index < -0.39 is 0 Å². The van der Waals surface area contributed by atoms with Crippen molar-refractivity contribution in [1.82, 2.24) is 19.8 Å². The smallest absolute Gasteiger partial charge is 0.264 e. The van der Waals surface area contributed by atoms with Crippen LogP contribution in [0.15, 0.2) is 47.8 Å². The molecule has 6 nitrogen and oxygen atoms in total. The monoisotopic (exact) mass is 313 g/mol. The first-order valence-corrected chi connectivity index (χ1v) is 7.50. The van der Waals surface area contributed by atoms with Crippen molar-refractivity contribution in [3.05, 3.63) is 53.1 Å². The van der Waals surface area contributed by atoms with Crippen LogP contribution in [0.25, 0.3) is 16.3 Å². The molecule has 0 aliphatic heterocycles. The number of nitrogens with one attached hydrogen (secondary N) is 1. The fourth-order valence-electron chi connectivity index (χ4n) is 2.03. The van der Waals surface area contributed by atoms with Gasteiger partial charge in [-0.05, 0) is 18.2 Å². The predicted octanol–water partition coefficient (Wildman–Crippen LogP) is 1.62. The summed E-state index contributed by atoms with van der Waals surface area (Å²) in [5.74, 6) is -0.277. The van der Waals surface area contributed by atoms with Crippen molar-refractivity contribution in [3.8, 4) is 0 Å². The highest BCUT2D eigenvalue weighted by Crippen LogP contribution is 2.14. The van der Waals surface area contributed by atoms with Gasteiger partial charge < -0.3 is 4.57 Å². The van der Waals surface area contributed by atoms with Gasteiger partial charge in [-0.15, -0.1) is 5.10 Å². The minimum Gasteiger partial charge on any atom is -0.318 e. The van der Waals surface area contributed by atoms with Gasteiger partial charge in [-0.25, -0.2) is 5.43 Å². The Morgan fingerprint density at radius 3 is 2.91 bits per heavy atom. The first-order valence-electron chi connectivity index (χ1n) is 6.68. The van der Waals surface area contributed by atoms with E-state index >= 15 is 0 Å². The SMILES string of the molecule is Cn1cc(/C=C/C(=O)N/N=c2\sc3ccccc3n2C)cn1. The van der Waals surface area contributed by atoms with Crippen LogP contribution in [0.4, 0.5) is 0 Å². The second-order valence-electron chi connectivity index (χ2n) is 4.78. The highest BCUT2D eigenvalue weighted by molar-refractivity contribution is 7.16. The summed E-state index contributed by atoms with van der Waals surface area (Å²) in [5, 5.41) is 8.20. The molecule has 0 radical (unpaired) electrons. The standard InChI is InChI=1S/C15H15N5OS/c1-19-10-11(9-16-19)7-8-14(21)17-18-15-20(2)12-5-3-4-6-13(12)22-15/h3-10H,1-2H3,(H,17,21)/b8-7+,18-15-. The van der Waals surface area contributed by atoms with Crippen LogP contribution in [0, 0.1) is 0 Å². The number of aromatic nitrogens is 3.